The van der Waals surface area contributed by atoms with Crippen molar-refractivity contribution in [2.45, 2.75) is 13.3 Å². The van der Waals surface area contributed by atoms with Crippen LogP contribution in [0.25, 0.3) is 5.76 Å². The van der Waals surface area contributed by atoms with Crippen LogP contribution in [0.5, 0.6) is 0 Å². The van der Waals surface area contributed by atoms with Crippen LogP contribution in [-0.4, -0.2) is 12.4 Å². The van der Waals surface area contributed by atoms with Crippen molar-refractivity contribution in [1.82, 2.24) is 0 Å². The van der Waals surface area contributed by atoms with Gasteiger partial charge in [0.15, 0.2) is 5.76 Å². The number of ether oxygens (including phenoxy) is 2. The fourth-order valence-electron chi connectivity index (χ4n) is 2.52. The Hall–Kier alpha value is -4.06. The Labute approximate surface area is 175 Å². The van der Waals surface area contributed by atoms with Gasteiger partial charge in [0.25, 0.3) is 6.47 Å². The molecule has 0 saturated carbocycles. The van der Waals surface area contributed by atoms with E-state index in [1.54, 1.807) is 49.4 Å². The highest BCUT2D eigenvalue weighted by molar-refractivity contribution is 6.00. The van der Waals surface area contributed by atoms with Crippen molar-refractivity contribution in [2.75, 3.05) is 11.5 Å². The number of hydrogen-bond donors (Lipinski definition) is 2. The number of carbonyl (C=O) groups is 2. The van der Waals surface area contributed by atoms with Crippen LogP contribution >= 0.6 is 0 Å². The van der Waals surface area contributed by atoms with Gasteiger partial charge in [-0.1, -0.05) is 30.4 Å². The maximum absolute atomic E-state index is 12.5. The van der Waals surface area contributed by atoms with Crippen LogP contribution in [0, 0.1) is 0 Å². The molecular formula is C24H24N2O4. The Kier molecular flexibility index (Phi) is 8.68. The molecule has 0 amide bonds. The van der Waals surface area contributed by atoms with Crippen molar-refractivity contribution in [3.05, 3.63) is 102 Å². The molecule has 0 bridgehead atoms. The summed E-state index contributed by atoms with van der Waals surface area (Å²) in [4.78, 5) is 23.5. The van der Waals surface area contributed by atoms with Crippen molar-refractivity contribution in [3.63, 3.8) is 0 Å². The SMILES string of the molecule is CC=CC(C(=O)OC=CC=CCc1ccc(N)cc1)=C(OC=O)c1ccc(N)cc1. The fraction of sp³-hybridized carbons (Fsp3) is 0.0833. The average molecular weight is 404 g/mol. The first kappa shape index (κ1) is 22.2. The molecule has 154 valence electrons. The molecule has 0 aliphatic rings. The van der Waals surface area contributed by atoms with E-state index in [2.05, 4.69) is 0 Å². The van der Waals surface area contributed by atoms with Gasteiger partial charge in [0, 0.05) is 16.9 Å². The summed E-state index contributed by atoms with van der Waals surface area (Å²) in [5.74, 6) is -0.578. The minimum Gasteiger partial charge on any atom is -0.431 e. The molecule has 6 nitrogen and oxygen atoms in total. The Morgan fingerprint density at radius 3 is 2.17 bits per heavy atom. The van der Waals surface area contributed by atoms with Gasteiger partial charge in [0.05, 0.1) is 6.26 Å². The summed E-state index contributed by atoms with van der Waals surface area (Å²) in [6.07, 6.45) is 10.5. The predicted octanol–water partition coefficient (Wildman–Crippen LogP) is 4.17. The molecule has 0 unspecified atom stereocenters. The van der Waals surface area contributed by atoms with E-state index in [4.69, 9.17) is 20.9 Å². The number of carbonyl (C=O) groups excluding carboxylic acids is 2. The molecule has 0 aliphatic carbocycles. The first-order valence-corrected chi connectivity index (χ1v) is 9.25. The molecule has 0 aliphatic heterocycles. The van der Waals surface area contributed by atoms with Gasteiger partial charge >= 0.3 is 5.97 Å². The summed E-state index contributed by atoms with van der Waals surface area (Å²) in [7, 11) is 0. The second kappa shape index (κ2) is 11.7. The van der Waals surface area contributed by atoms with Gasteiger partial charge in [-0.05, 0) is 67.5 Å². The van der Waals surface area contributed by atoms with Gasteiger partial charge in [-0.3, -0.25) is 4.79 Å². The zero-order chi connectivity index (χ0) is 21.8. The highest BCUT2D eigenvalue weighted by Crippen LogP contribution is 2.23. The molecule has 0 radical (unpaired) electrons. The van der Waals surface area contributed by atoms with Gasteiger partial charge in [0.2, 0.25) is 0 Å². The largest absolute Gasteiger partial charge is 0.431 e. The van der Waals surface area contributed by atoms with Gasteiger partial charge in [0.1, 0.15) is 5.57 Å². The maximum Gasteiger partial charge on any atom is 0.346 e. The Morgan fingerprint density at radius 1 is 0.933 bits per heavy atom. The van der Waals surface area contributed by atoms with Gasteiger partial charge in [-0.25, -0.2) is 4.79 Å². The molecule has 0 aromatic heterocycles. The van der Waals surface area contributed by atoms with Crippen molar-refractivity contribution in [1.29, 1.82) is 0 Å². The summed E-state index contributed by atoms with van der Waals surface area (Å²) < 4.78 is 10.2. The minimum absolute atomic E-state index is 0.0837. The van der Waals surface area contributed by atoms with Crippen molar-refractivity contribution in [2.24, 2.45) is 0 Å². The highest BCUT2D eigenvalue weighted by atomic mass is 16.5. The zero-order valence-electron chi connectivity index (χ0n) is 16.7. The van der Waals surface area contributed by atoms with Crippen molar-refractivity contribution < 1.29 is 19.1 Å². The van der Waals surface area contributed by atoms with Gasteiger partial charge in [-0.2, -0.15) is 0 Å². The lowest BCUT2D eigenvalue weighted by molar-refractivity contribution is -0.133. The first-order valence-electron chi connectivity index (χ1n) is 9.25. The molecule has 2 rings (SSSR count). The lowest BCUT2D eigenvalue weighted by Gasteiger charge is -2.10. The van der Waals surface area contributed by atoms with Crippen LogP contribution in [0.4, 0.5) is 11.4 Å². The Morgan fingerprint density at radius 2 is 1.57 bits per heavy atom. The highest BCUT2D eigenvalue weighted by Gasteiger charge is 2.17. The summed E-state index contributed by atoms with van der Waals surface area (Å²) in [5, 5.41) is 0. The smallest absolute Gasteiger partial charge is 0.346 e. The molecule has 0 fully saturated rings. The average Bonchev–Trinajstić information content (AvgIpc) is 2.75. The molecule has 0 spiro atoms. The number of rotatable bonds is 9. The van der Waals surface area contributed by atoms with Crippen LogP contribution in [-0.2, 0) is 25.5 Å². The van der Waals surface area contributed by atoms with E-state index in [9.17, 15) is 9.59 Å². The Balaban J connectivity index is 2.09. The van der Waals surface area contributed by atoms with Gasteiger partial charge in [-0.15, -0.1) is 0 Å². The molecule has 2 aromatic rings. The molecule has 2 aromatic carbocycles. The monoisotopic (exact) mass is 404 g/mol. The predicted molar refractivity (Wildman–Crippen MR) is 119 cm³/mol. The van der Waals surface area contributed by atoms with Crippen LogP contribution in [0.3, 0.4) is 0 Å². The van der Waals surface area contributed by atoms with Crippen LogP contribution < -0.4 is 11.5 Å². The third-order valence-electron chi connectivity index (χ3n) is 3.97. The molecule has 0 saturated heterocycles. The quantitative estimate of drug-likeness (QED) is 0.162. The van der Waals surface area contributed by atoms with E-state index in [1.807, 2.05) is 30.3 Å². The summed E-state index contributed by atoms with van der Waals surface area (Å²) in [5.41, 5.74) is 14.4. The van der Waals surface area contributed by atoms with E-state index >= 15 is 0 Å². The molecule has 4 N–H and O–H groups in total. The number of nitrogens with two attached hydrogens (primary N) is 2. The fourth-order valence-corrected chi connectivity index (χ4v) is 2.52. The first-order chi connectivity index (χ1) is 14.5. The lowest BCUT2D eigenvalue weighted by Crippen LogP contribution is -2.07. The molecule has 0 heterocycles. The van der Waals surface area contributed by atoms with Crippen molar-refractivity contribution in [3.8, 4) is 0 Å². The van der Waals surface area contributed by atoms with E-state index in [1.165, 1.54) is 12.3 Å². The summed E-state index contributed by atoms with van der Waals surface area (Å²) >= 11 is 0. The number of nitrogen functional groups attached to an aromatic ring is 2. The standard InChI is InChI=1S/C24H24N2O4/c1-2-6-22(23(30-17-27)19-10-14-21(26)15-11-19)24(28)29-16-5-3-4-7-18-8-12-20(25)13-9-18/h2-6,8-17H,7,25-26H2,1H3. The van der Waals surface area contributed by atoms with E-state index in [0.717, 1.165) is 17.7 Å². The number of hydrogen-bond acceptors (Lipinski definition) is 6. The summed E-state index contributed by atoms with van der Waals surface area (Å²) in [6.45, 7) is 2.00. The number of esters is 1. The molecular weight excluding hydrogens is 380 g/mol. The number of benzene rings is 2. The van der Waals surface area contributed by atoms with E-state index < -0.39 is 5.97 Å². The molecule has 30 heavy (non-hydrogen) atoms. The van der Waals surface area contributed by atoms with Gasteiger partial charge < -0.3 is 20.9 Å². The maximum atomic E-state index is 12.5. The van der Waals surface area contributed by atoms with Crippen LogP contribution in [0.15, 0.2) is 90.7 Å². The second-order valence-corrected chi connectivity index (χ2v) is 6.19. The normalized spacial score (nSPS) is 12.3. The van der Waals surface area contributed by atoms with Crippen molar-refractivity contribution >= 4 is 29.6 Å². The summed E-state index contributed by atoms with van der Waals surface area (Å²) in [6, 6.07) is 14.2. The second-order valence-electron chi connectivity index (χ2n) is 6.19. The molecule has 6 heteroatoms. The number of allylic oxidation sites excluding steroid dienone is 4. The third-order valence-corrected chi connectivity index (χ3v) is 3.97. The van der Waals surface area contributed by atoms with Crippen LogP contribution in [0.1, 0.15) is 18.1 Å². The van der Waals surface area contributed by atoms with Crippen LogP contribution in [0.2, 0.25) is 0 Å². The van der Waals surface area contributed by atoms with E-state index in [0.29, 0.717) is 11.3 Å². The molecule has 0 atom stereocenters. The lowest BCUT2D eigenvalue weighted by atomic mass is 10.1. The van der Waals surface area contributed by atoms with E-state index in [-0.39, 0.29) is 17.8 Å². The zero-order valence-corrected chi connectivity index (χ0v) is 16.7. The Bertz CT molecular complexity index is 969. The topological polar surface area (TPSA) is 105 Å². The minimum atomic E-state index is -0.662. The number of anilines is 2. The third kappa shape index (κ3) is 6.83.